The minimum absolute atomic E-state index is 0.00833. The maximum absolute atomic E-state index is 12.6. The summed E-state index contributed by atoms with van der Waals surface area (Å²) in [4.78, 5) is 11.1. The average molecular weight is 331 g/mol. The van der Waals surface area contributed by atoms with E-state index in [1.807, 2.05) is 13.2 Å². The topological polar surface area (TPSA) is 106 Å². The van der Waals surface area contributed by atoms with Gasteiger partial charge in [-0.2, -0.15) is 16.1 Å². The molecule has 1 atom stereocenters. The van der Waals surface area contributed by atoms with Gasteiger partial charge in [-0.15, -0.1) is 0 Å². The molecule has 0 aromatic heterocycles. The molecule has 0 aliphatic rings. The molecule has 0 bridgehead atoms. The molecule has 0 spiro atoms. The number of primary amides is 1. The molecule has 1 rings (SSSR count). The molecule has 0 saturated carbocycles. The van der Waals surface area contributed by atoms with E-state index in [-0.39, 0.29) is 22.2 Å². The molecular formula is C13H21N3O3S2. The second-order valence-electron chi connectivity index (χ2n) is 4.77. The van der Waals surface area contributed by atoms with E-state index in [1.165, 1.54) is 29.6 Å². The largest absolute Gasteiger partial charge is 0.398 e. The van der Waals surface area contributed by atoms with Gasteiger partial charge in [0.15, 0.2) is 0 Å². The van der Waals surface area contributed by atoms with Gasteiger partial charge in [0.1, 0.15) is 4.90 Å². The fraction of sp³-hybridized carbons (Fsp3) is 0.462. The second kappa shape index (κ2) is 7.15. The number of anilines is 1. The summed E-state index contributed by atoms with van der Waals surface area (Å²) in [6.45, 7) is 1.85. The van der Waals surface area contributed by atoms with Crippen LogP contribution in [0.3, 0.4) is 0 Å². The summed E-state index contributed by atoms with van der Waals surface area (Å²) in [5.74, 6) is 0.226. The van der Waals surface area contributed by atoms with Crippen LogP contribution >= 0.6 is 11.8 Å². The quantitative estimate of drug-likeness (QED) is 0.728. The zero-order chi connectivity index (χ0) is 16.2. The molecule has 1 amide bonds. The molecule has 21 heavy (non-hydrogen) atoms. The molecule has 1 aromatic rings. The Kier molecular flexibility index (Phi) is 6.06. The highest BCUT2D eigenvalue weighted by atomic mass is 32.2. The number of benzene rings is 1. The van der Waals surface area contributed by atoms with Crippen LogP contribution in [0, 0.1) is 0 Å². The van der Waals surface area contributed by atoms with Crippen LogP contribution in [0.2, 0.25) is 0 Å². The third-order valence-corrected chi connectivity index (χ3v) is 6.00. The highest BCUT2D eigenvalue weighted by Crippen LogP contribution is 2.24. The summed E-state index contributed by atoms with van der Waals surface area (Å²) in [6.07, 6.45) is 2.72. The predicted molar refractivity (Wildman–Crippen MR) is 86.8 cm³/mol. The molecule has 0 fully saturated rings. The molecular weight excluding hydrogens is 310 g/mol. The van der Waals surface area contributed by atoms with Gasteiger partial charge in [0.05, 0.1) is 5.69 Å². The van der Waals surface area contributed by atoms with Gasteiger partial charge in [-0.25, -0.2) is 8.42 Å². The first-order valence-electron chi connectivity index (χ1n) is 6.38. The number of sulfonamides is 1. The molecule has 1 aromatic carbocycles. The van der Waals surface area contributed by atoms with E-state index < -0.39 is 15.9 Å². The monoisotopic (exact) mass is 331 g/mol. The van der Waals surface area contributed by atoms with E-state index in [0.29, 0.717) is 0 Å². The number of rotatable bonds is 7. The molecule has 6 nitrogen and oxygen atoms in total. The third-order valence-electron chi connectivity index (χ3n) is 3.31. The van der Waals surface area contributed by atoms with E-state index in [0.717, 1.165) is 12.2 Å². The summed E-state index contributed by atoms with van der Waals surface area (Å²) in [5.41, 5.74) is 11.1. The number of nitrogens with two attached hydrogens (primary N) is 2. The first-order valence-corrected chi connectivity index (χ1v) is 9.21. The van der Waals surface area contributed by atoms with Crippen molar-refractivity contribution in [2.24, 2.45) is 5.73 Å². The van der Waals surface area contributed by atoms with Gasteiger partial charge in [-0.3, -0.25) is 4.79 Å². The average Bonchev–Trinajstić information content (AvgIpc) is 2.43. The van der Waals surface area contributed by atoms with Crippen LogP contribution in [-0.4, -0.2) is 43.7 Å². The zero-order valence-corrected chi connectivity index (χ0v) is 14.0. The smallest absolute Gasteiger partial charge is 0.248 e. The summed E-state index contributed by atoms with van der Waals surface area (Å²) in [6, 6.07) is 3.84. The highest BCUT2D eigenvalue weighted by molar-refractivity contribution is 7.98. The van der Waals surface area contributed by atoms with Crippen molar-refractivity contribution in [3.63, 3.8) is 0 Å². The lowest BCUT2D eigenvalue weighted by Gasteiger charge is -2.24. The van der Waals surface area contributed by atoms with Crippen molar-refractivity contribution in [2.75, 3.05) is 24.8 Å². The van der Waals surface area contributed by atoms with Crippen molar-refractivity contribution >= 4 is 33.4 Å². The Labute approximate surface area is 129 Å². The SMILES string of the molecule is CSCCC(C)N(C)S(=O)(=O)c1ccc(C(N)=O)cc1N. The van der Waals surface area contributed by atoms with E-state index in [9.17, 15) is 13.2 Å². The number of carbonyl (C=O) groups excluding carboxylic acids is 1. The minimum atomic E-state index is -3.69. The lowest BCUT2D eigenvalue weighted by molar-refractivity contribution is 0.1000. The number of amides is 1. The maximum Gasteiger partial charge on any atom is 0.248 e. The molecule has 8 heteroatoms. The van der Waals surface area contributed by atoms with Crippen molar-refractivity contribution < 1.29 is 13.2 Å². The molecule has 0 aliphatic carbocycles. The van der Waals surface area contributed by atoms with Crippen molar-refractivity contribution in [3.8, 4) is 0 Å². The Morgan fingerprint density at radius 1 is 1.43 bits per heavy atom. The van der Waals surface area contributed by atoms with Gasteiger partial charge in [-0.05, 0) is 43.6 Å². The van der Waals surface area contributed by atoms with Crippen LogP contribution < -0.4 is 11.5 Å². The van der Waals surface area contributed by atoms with Crippen LogP contribution in [0.15, 0.2) is 23.1 Å². The minimum Gasteiger partial charge on any atom is -0.398 e. The van der Waals surface area contributed by atoms with Crippen LogP contribution in [0.1, 0.15) is 23.7 Å². The summed E-state index contributed by atoms with van der Waals surface area (Å²) in [7, 11) is -2.17. The van der Waals surface area contributed by atoms with Gasteiger partial charge in [0.25, 0.3) is 0 Å². The number of thioether (sulfide) groups is 1. The molecule has 0 saturated heterocycles. The third kappa shape index (κ3) is 4.12. The Morgan fingerprint density at radius 3 is 2.52 bits per heavy atom. The molecule has 4 N–H and O–H groups in total. The normalized spacial score (nSPS) is 13.3. The fourth-order valence-corrected chi connectivity index (χ4v) is 3.86. The maximum atomic E-state index is 12.6. The molecule has 0 aliphatic heterocycles. The first kappa shape index (κ1) is 17.8. The van der Waals surface area contributed by atoms with Gasteiger partial charge < -0.3 is 11.5 Å². The van der Waals surface area contributed by atoms with Crippen molar-refractivity contribution in [1.29, 1.82) is 0 Å². The van der Waals surface area contributed by atoms with E-state index >= 15 is 0 Å². The summed E-state index contributed by atoms with van der Waals surface area (Å²) >= 11 is 1.66. The Bertz CT molecular complexity index is 617. The number of hydrogen-bond donors (Lipinski definition) is 2. The lowest BCUT2D eigenvalue weighted by Crippen LogP contribution is -2.35. The van der Waals surface area contributed by atoms with Crippen LogP contribution in [0.5, 0.6) is 0 Å². The summed E-state index contributed by atoms with van der Waals surface area (Å²) < 4.78 is 26.4. The Balaban J connectivity index is 3.10. The number of nitrogens with zero attached hydrogens (tertiary/aromatic N) is 1. The molecule has 0 heterocycles. The van der Waals surface area contributed by atoms with E-state index in [4.69, 9.17) is 11.5 Å². The van der Waals surface area contributed by atoms with Crippen molar-refractivity contribution in [3.05, 3.63) is 23.8 Å². The number of carbonyl (C=O) groups is 1. The van der Waals surface area contributed by atoms with E-state index in [1.54, 1.807) is 11.8 Å². The summed E-state index contributed by atoms with van der Waals surface area (Å²) in [5, 5.41) is 0. The standard InChI is InChI=1S/C13H21N3O3S2/c1-9(6-7-20-3)16(2)21(18,19)12-5-4-10(13(15)17)8-11(12)14/h4-5,8-9H,6-7,14H2,1-3H3,(H2,15,17). The van der Waals surface area contributed by atoms with Crippen LogP contribution in [0.4, 0.5) is 5.69 Å². The van der Waals surface area contributed by atoms with Crippen molar-refractivity contribution in [1.82, 2.24) is 4.31 Å². The fourth-order valence-electron chi connectivity index (χ4n) is 1.80. The van der Waals surface area contributed by atoms with Gasteiger partial charge in [0.2, 0.25) is 15.9 Å². The van der Waals surface area contributed by atoms with Crippen LogP contribution in [-0.2, 0) is 10.0 Å². The number of nitrogen functional groups attached to an aromatic ring is 1. The lowest BCUT2D eigenvalue weighted by atomic mass is 10.2. The molecule has 118 valence electrons. The van der Waals surface area contributed by atoms with Gasteiger partial charge >= 0.3 is 0 Å². The van der Waals surface area contributed by atoms with Crippen molar-refractivity contribution in [2.45, 2.75) is 24.3 Å². The predicted octanol–water partition coefficient (Wildman–Crippen LogP) is 1.13. The molecule has 0 radical (unpaired) electrons. The molecule has 1 unspecified atom stereocenters. The van der Waals surface area contributed by atoms with E-state index in [2.05, 4.69) is 0 Å². The first-order chi connectivity index (χ1) is 9.71. The number of hydrogen-bond acceptors (Lipinski definition) is 5. The second-order valence-corrected chi connectivity index (χ2v) is 7.72. The van der Waals surface area contributed by atoms with Gasteiger partial charge in [0, 0.05) is 18.7 Å². The highest BCUT2D eigenvalue weighted by Gasteiger charge is 2.27. The Morgan fingerprint density at radius 2 is 2.05 bits per heavy atom. The van der Waals surface area contributed by atoms with Gasteiger partial charge in [-0.1, -0.05) is 0 Å². The van der Waals surface area contributed by atoms with Crippen LogP contribution in [0.25, 0.3) is 0 Å². The zero-order valence-electron chi connectivity index (χ0n) is 12.4. The Hall–Kier alpha value is -1.25.